The van der Waals surface area contributed by atoms with E-state index in [1.54, 1.807) is 55.4 Å². The van der Waals surface area contributed by atoms with E-state index in [9.17, 15) is 9.59 Å². The number of carbonyl (C=O) groups excluding carboxylic acids is 2. The Morgan fingerprint density at radius 2 is 0.667 bits per heavy atom. The maximum absolute atomic E-state index is 10.0. The average molecular weight is 388 g/mol. The molecule has 0 atom stereocenters. The third-order valence-electron chi connectivity index (χ3n) is 0.498. The van der Waals surface area contributed by atoms with Gasteiger partial charge >= 0.3 is 0 Å². The molecule has 0 aliphatic rings. The monoisotopic (exact) mass is 388 g/mol. The van der Waals surface area contributed by atoms with Crippen LogP contribution < -0.4 is 0 Å². The number of Topliss-reactive ketones (excluding diaryl/α,β-unsaturated/α-hetero) is 2. The van der Waals surface area contributed by atoms with Crippen molar-refractivity contribution in [2.45, 2.75) is 100 Å². The summed E-state index contributed by atoms with van der Waals surface area (Å²) >= 11 is 0. The van der Waals surface area contributed by atoms with E-state index in [1.807, 2.05) is 0 Å². The third kappa shape index (κ3) is 630. The second-order valence-corrected chi connectivity index (χ2v) is 5.96. The quantitative estimate of drug-likeness (QED) is 0.425. The van der Waals surface area contributed by atoms with Gasteiger partial charge in [0.1, 0.15) is 11.6 Å². The zero-order valence-corrected chi connectivity index (χ0v) is 18.7. The molecular weight excluding hydrogens is 348 g/mol. The number of aliphatic hydroxyl groups is 4. The number of carbonyl (C=O) groups is 2. The molecule has 6 nitrogen and oxygen atoms in total. The maximum Gasteiger partial charge on any atom is 0.137 e. The number of hydrogen-bond donors (Lipinski definition) is 4. The van der Waals surface area contributed by atoms with Crippen LogP contribution in [-0.4, -0.2) is 56.4 Å². The molecule has 0 unspecified atom stereocenters. The molecule has 0 bridgehead atoms. The number of hydrogen-bond acceptors (Lipinski definition) is 6. The zero-order chi connectivity index (χ0) is 20.2. The van der Waals surface area contributed by atoms with Crippen LogP contribution >= 0.6 is 0 Å². The summed E-state index contributed by atoms with van der Waals surface area (Å²) in [6, 6.07) is 0. The van der Waals surface area contributed by atoms with Crippen LogP contribution in [0.5, 0.6) is 0 Å². The predicted octanol–water partition coefficient (Wildman–Crippen LogP) is 2.10. The number of rotatable bonds is 2. The topological polar surface area (TPSA) is 115 Å². The predicted molar refractivity (Wildman–Crippen MR) is 95.4 cm³/mol. The molecule has 4 N–H and O–H groups in total. The minimum atomic E-state index is -0.167. The normalized spacial score (nSPS) is 8.42. The molecule has 0 aromatic rings. The molecule has 0 aromatic carbocycles. The van der Waals surface area contributed by atoms with E-state index in [0.29, 0.717) is 0 Å². The van der Waals surface area contributed by atoms with Crippen LogP contribution in [0.2, 0.25) is 0 Å². The van der Waals surface area contributed by atoms with E-state index >= 15 is 0 Å². The van der Waals surface area contributed by atoms with Crippen LogP contribution in [0.4, 0.5) is 0 Å². The van der Waals surface area contributed by atoms with Gasteiger partial charge in [0.2, 0.25) is 0 Å². The van der Waals surface area contributed by atoms with Crippen LogP contribution in [-0.2, 0) is 31.3 Å². The van der Waals surface area contributed by atoms with Crippen LogP contribution in [0.15, 0.2) is 0 Å². The Kier molecular flexibility index (Phi) is 50.1. The molecule has 0 saturated carbocycles. The Morgan fingerprint density at radius 3 is 0.667 bits per heavy atom. The van der Waals surface area contributed by atoms with Gasteiger partial charge in [0, 0.05) is 46.1 Å². The van der Waals surface area contributed by atoms with E-state index in [2.05, 4.69) is 0 Å². The molecule has 0 aliphatic heterocycles. The fourth-order valence-electron chi connectivity index (χ4n) is 0.351. The molecule has 0 rings (SSSR count). The van der Waals surface area contributed by atoms with Crippen molar-refractivity contribution >= 4 is 11.6 Å². The molecule has 24 heavy (non-hydrogen) atoms. The Hall–Kier alpha value is -0.106. The SMILES string of the molecule is CC(=O)CC(C)=O.CC(C)O.CC(C)O.CC(C)O.CC(C)O.[Ti]. The Morgan fingerprint density at radius 1 is 0.583 bits per heavy atom. The van der Waals surface area contributed by atoms with Crippen molar-refractivity contribution in [3.8, 4) is 0 Å². The molecule has 7 heteroatoms. The molecule has 0 aromatic heterocycles. The molecule has 0 amide bonds. The standard InChI is InChI=1S/C5H8O2.4C3H8O.Ti/c1-4(6)3-5(2)7;4*1-3(2)4;/h3H2,1-2H3;4*3-4H,1-2H3;. The summed E-state index contributed by atoms with van der Waals surface area (Å²) in [5.74, 6) is -0.125. The Balaban J connectivity index is -0.0000000429. The molecule has 148 valence electrons. The molecule has 0 heterocycles. The summed E-state index contributed by atoms with van der Waals surface area (Å²) in [5.41, 5.74) is 0. The van der Waals surface area contributed by atoms with Crippen molar-refractivity contribution in [1.82, 2.24) is 0 Å². The van der Waals surface area contributed by atoms with Gasteiger partial charge in [-0.25, -0.2) is 0 Å². The summed E-state index contributed by atoms with van der Waals surface area (Å²) in [5, 5.41) is 32.2. The fraction of sp³-hybridized carbons (Fsp3) is 0.882. The van der Waals surface area contributed by atoms with Gasteiger partial charge < -0.3 is 20.4 Å². The minimum absolute atomic E-state index is 0. The van der Waals surface area contributed by atoms with E-state index in [0.717, 1.165) is 0 Å². The Labute approximate surface area is 163 Å². The van der Waals surface area contributed by atoms with Gasteiger partial charge in [0.05, 0.1) is 6.42 Å². The summed E-state index contributed by atoms with van der Waals surface area (Å²) in [6.07, 6.45) is -0.583. The second kappa shape index (κ2) is 30.7. The van der Waals surface area contributed by atoms with Gasteiger partial charge in [0.15, 0.2) is 0 Å². The van der Waals surface area contributed by atoms with Gasteiger partial charge in [-0.05, 0) is 69.2 Å². The minimum Gasteiger partial charge on any atom is -0.394 e. The molecule has 0 radical (unpaired) electrons. The van der Waals surface area contributed by atoms with Gasteiger partial charge in [-0.15, -0.1) is 0 Å². The first-order valence-electron chi connectivity index (χ1n) is 7.77. The summed E-state index contributed by atoms with van der Waals surface area (Å²) < 4.78 is 0. The van der Waals surface area contributed by atoms with Crippen molar-refractivity contribution < 1.29 is 51.7 Å². The van der Waals surface area contributed by atoms with Crippen LogP contribution in [0.3, 0.4) is 0 Å². The summed E-state index contributed by atoms with van der Waals surface area (Å²) in [7, 11) is 0. The smallest absolute Gasteiger partial charge is 0.137 e. The fourth-order valence-corrected chi connectivity index (χ4v) is 0.351. The summed E-state index contributed by atoms with van der Waals surface area (Å²) in [6.45, 7) is 16.6. The summed E-state index contributed by atoms with van der Waals surface area (Å²) in [4.78, 5) is 20.1. The molecule has 0 aliphatic carbocycles. The maximum atomic E-state index is 10.0. The van der Waals surface area contributed by atoms with Crippen LogP contribution in [0, 0.1) is 0 Å². The van der Waals surface area contributed by atoms with E-state index in [4.69, 9.17) is 20.4 Å². The van der Waals surface area contributed by atoms with Gasteiger partial charge in [0.25, 0.3) is 0 Å². The average Bonchev–Trinajstić information content (AvgIpc) is 2.09. The van der Waals surface area contributed by atoms with E-state index in [-0.39, 0.29) is 64.1 Å². The van der Waals surface area contributed by atoms with Crippen molar-refractivity contribution in [3.63, 3.8) is 0 Å². The van der Waals surface area contributed by atoms with Crippen molar-refractivity contribution in [3.05, 3.63) is 0 Å². The second-order valence-electron chi connectivity index (χ2n) is 5.96. The van der Waals surface area contributed by atoms with Gasteiger partial charge in [-0.2, -0.15) is 0 Å². The first kappa shape index (κ1) is 39.1. The molecule has 0 saturated heterocycles. The first-order valence-corrected chi connectivity index (χ1v) is 7.77. The zero-order valence-electron chi connectivity index (χ0n) is 17.1. The Bertz CT molecular complexity index is 194. The van der Waals surface area contributed by atoms with Crippen molar-refractivity contribution in [2.75, 3.05) is 0 Å². The molecular formula is C17H40O6Ti. The first-order chi connectivity index (χ1) is 10.1. The molecule has 0 fully saturated rings. The van der Waals surface area contributed by atoms with Crippen LogP contribution in [0.1, 0.15) is 75.7 Å². The third-order valence-corrected chi connectivity index (χ3v) is 0.498. The van der Waals surface area contributed by atoms with Gasteiger partial charge in [-0.3, -0.25) is 9.59 Å². The number of aliphatic hydroxyl groups excluding tert-OH is 4. The van der Waals surface area contributed by atoms with Crippen LogP contribution in [0.25, 0.3) is 0 Å². The largest absolute Gasteiger partial charge is 0.394 e. The van der Waals surface area contributed by atoms with Gasteiger partial charge in [-0.1, -0.05) is 0 Å². The van der Waals surface area contributed by atoms with E-state index in [1.165, 1.54) is 13.8 Å². The van der Waals surface area contributed by atoms with E-state index < -0.39 is 0 Å². The van der Waals surface area contributed by atoms with Crippen molar-refractivity contribution in [2.24, 2.45) is 0 Å². The van der Waals surface area contributed by atoms with Crippen molar-refractivity contribution in [1.29, 1.82) is 0 Å². The molecule has 0 spiro atoms. The number of ketones is 2.